The van der Waals surface area contributed by atoms with Crippen LogP contribution in [0.4, 0.5) is 13.2 Å². The van der Waals surface area contributed by atoms with E-state index in [9.17, 15) is 22.8 Å². The number of carbonyl (C=O) groups excluding carboxylic acids is 2. The zero-order valence-electron chi connectivity index (χ0n) is 24.5. The highest BCUT2D eigenvalue weighted by Gasteiger charge is 2.42. The van der Waals surface area contributed by atoms with Crippen molar-refractivity contribution < 1.29 is 37.0 Å². The van der Waals surface area contributed by atoms with Gasteiger partial charge in [0.05, 0.1) is 17.5 Å². The molecule has 0 amide bonds. The van der Waals surface area contributed by atoms with Gasteiger partial charge in [-0.25, -0.2) is 14.6 Å². The number of carbonyl (C=O) groups is 2. The lowest BCUT2D eigenvalue weighted by Crippen LogP contribution is -2.28. The molecular weight excluding hydrogens is 599 g/mol. The SMILES string of the molecule is COC(c1ccccc1)c1cc2c(-c3ccc(C(=O)OC(=O)C(F)(F)F)cc3)nc3[nH]ncc3c2cc1C(OC)c1ccccc1. The number of esters is 2. The largest absolute Gasteiger partial charge is 0.491 e. The standard InChI is InChI=1S/C35H26F3N3O5/c1-44-30(21-9-5-3-6-10-21)26-17-24-25(18-27(26)31(45-2)22-11-7-4-8-12-22)29(40-32-28(24)19-39-41-32)20-13-15-23(16-14-20)33(42)46-34(43)35(36,37)38/h3-19,30-31H,1-2H3,(H,39,40,41). The first-order chi connectivity index (χ1) is 22.2. The van der Waals surface area contributed by atoms with Crippen molar-refractivity contribution in [3.05, 3.63) is 131 Å². The van der Waals surface area contributed by atoms with Crippen LogP contribution in [0.1, 0.15) is 44.8 Å². The molecule has 2 unspecified atom stereocenters. The summed E-state index contributed by atoms with van der Waals surface area (Å²) in [5, 5.41) is 9.44. The van der Waals surface area contributed by atoms with E-state index >= 15 is 0 Å². The summed E-state index contributed by atoms with van der Waals surface area (Å²) < 4.78 is 54.1. The fourth-order valence-electron chi connectivity index (χ4n) is 5.57. The molecule has 2 aromatic heterocycles. The van der Waals surface area contributed by atoms with Crippen LogP contribution < -0.4 is 0 Å². The summed E-state index contributed by atoms with van der Waals surface area (Å²) in [6, 6.07) is 29.2. The lowest BCUT2D eigenvalue weighted by molar-refractivity contribution is -0.193. The number of fused-ring (bicyclic) bond motifs is 3. The van der Waals surface area contributed by atoms with Gasteiger partial charge >= 0.3 is 18.1 Å². The quantitative estimate of drug-likeness (QED) is 0.138. The maximum atomic E-state index is 12.6. The van der Waals surface area contributed by atoms with E-state index in [4.69, 9.17) is 14.5 Å². The van der Waals surface area contributed by atoms with Crippen molar-refractivity contribution in [3.63, 3.8) is 0 Å². The molecule has 2 heterocycles. The Hall–Kier alpha value is -5.39. The van der Waals surface area contributed by atoms with E-state index in [1.54, 1.807) is 20.4 Å². The van der Waals surface area contributed by atoms with Gasteiger partial charge in [-0.2, -0.15) is 18.3 Å². The first kappa shape index (κ1) is 30.6. The Morgan fingerprint density at radius 1 is 0.739 bits per heavy atom. The Morgan fingerprint density at radius 2 is 1.28 bits per heavy atom. The lowest BCUT2D eigenvalue weighted by atomic mass is 9.87. The zero-order valence-corrected chi connectivity index (χ0v) is 24.5. The minimum atomic E-state index is -5.30. The predicted octanol–water partition coefficient (Wildman–Crippen LogP) is 7.50. The van der Waals surface area contributed by atoms with Crippen molar-refractivity contribution in [2.75, 3.05) is 14.2 Å². The number of pyridine rings is 1. The Labute approximate surface area is 260 Å². The van der Waals surface area contributed by atoms with Gasteiger partial charge < -0.3 is 14.2 Å². The van der Waals surface area contributed by atoms with Gasteiger partial charge in [0.15, 0.2) is 5.65 Å². The molecule has 0 aliphatic rings. The van der Waals surface area contributed by atoms with Crippen LogP contribution in [-0.4, -0.2) is 47.5 Å². The molecule has 0 saturated carbocycles. The van der Waals surface area contributed by atoms with E-state index in [2.05, 4.69) is 14.9 Å². The molecule has 0 radical (unpaired) electrons. The molecule has 4 aromatic carbocycles. The number of hydrogen-bond acceptors (Lipinski definition) is 7. The monoisotopic (exact) mass is 625 g/mol. The van der Waals surface area contributed by atoms with Crippen LogP contribution in [0, 0.1) is 0 Å². The number of alkyl halides is 3. The van der Waals surface area contributed by atoms with Gasteiger partial charge in [-0.3, -0.25) is 5.10 Å². The van der Waals surface area contributed by atoms with Crippen LogP contribution in [0.25, 0.3) is 33.1 Å². The summed E-state index contributed by atoms with van der Waals surface area (Å²) in [7, 11) is 3.28. The van der Waals surface area contributed by atoms with Crippen molar-refractivity contribution in [1.82, 2.24) is 15.2 Å². The lowest BCUT2D eigenvalue weighted by Gasteiger charge is -2.26. The zero-order chi connectivity index (χ0) is 32.4. The van der Waals surface area contributed by atoms with Gasteiger partial charge in [0.25, 0.3) is 0 Å². The minimum Gasteiger partial charge on any atom is -0.383 e. The predicted molar refractivity (Wildman–Crippen MR) is 164 cm³/mol. The number of nitrogens with zero attached hydrogens (tertiary/aromatic N) is 2. The van der Waals surface area contributed by atoms with Gasteiger partial charge in [0.1, 0.15) is 12.2 Å². The summed E-state index contributed by atoms with van der Waals surface area (Å²) in [6.45, 7) is 0. The fraction of sp³-hybridized carbons (Fsp3) is 0.143. The Balaban J connectivity index is 1.55. The van der Waals surface area contributed by atoms with Crippen LogP contribution in [0.3, 0.4) is 0 Å². The molecule has 0 aliphatic heterocycles. The van der Waals surface area contributed by atoms with Crippen molar-refractivity contribution in [2.24, 2.45) is 0 Å². The summed E-state index contributed by atoms with van der Waals surface area (Å²) in [4.78, 5) is 28.2. The van der Waals surface area contributed by atoms with E-state index in [-0.39, 0.29) is 5.56 Å². The van der Waals surface area contributed by atoms with Crippen molar-refractivity contribution in [2.45, 2.75) is 18.4 Å². The number of hydrogen-bond donors (Lipinski definition) is 1. The number of aromatic nitrogens is 3. The Kier molecular flexibility index (Phi) is 8.35. The number of nitrogens with one attached hydrogen (secondary N) is 1. The van der Waals surface area contributed by atoms with E-state index in [1.165, 1.54) is 24.3 Å². The molecule has 6 aromatic rings. The molecule has 0 aliphatic carbocycles. The molecule has 46 heavy (non-hydrogen) atoms. The number of H-pyrrole nitrogens is 1. The average Bonchev–Trinajstić information content (AvgIpc) is 3.55. The first-order valence-corrected chi connectivity index (χ1v) is 14.1. The summed E-state index contributed by atoms with van der Waals surface area (Å²) in [6.07, 6.45) is -4.55. The van der Waals surface area contributed by atoms with E-state index in [0.29, 0.717) is 16.9 Å². The Morgan fingerprint density at radius 3 is 1.80 bits per heavy atom. The highest BCUT2D eigenvalue weighted by Crippen LogP contribution is 2.41. The molecule has 232 valence electrons. The second kappa shape index (κ2) is 12.5. The summed E-state index contributed by atoms with van der Waals surface area (Å²) >= 11 is 0. The number of ether oxygens (including phenoxy) is 3. The molecule has 2 atom stereocenters. The maximum Gasteiger partial charge on any atom is 0.491 e. The summed E-state index contributed by atoms with van der Waals surface area (Å²) in [5.74, 6) is -4.00. The number of methoxy groups -OCH3 is 2. The molecule has 1 N–H and O–H groups in total. The normalized spacial score (nSPS) is 13.1. The average molecular weight is 626 g/mol. The van der Waals surface area contributed by atoms with Crippen LogP contribution in [0.5, 0.6) is 0 Å². The third-order valence-corrected chi connectivity index (χ3v) is 7.66. The molecule has 0 saturated heterocycles. The molecule has 0 bridgehead atoms. The van der Waals surface area contributed by atoms with Gasteiger partial charge in [0, 0.05) is 30.6 Å². The fourth-order valence-corrected chi connectivity index (χ4v) is 5.57. The van der Waals surface area contributed by atoms with E-state index in [0.717, 1.165) is 38.4 Å². The third-order valence-electron chi connectivity index (χ3n) is 7.66. The third kappa shape index (κ3) is 5.85. The van der Waals surface area contributed by atoms with Crippen molar-refractivity contribution in [3.8, 4) is 11.3 Å². The van der Waals surface area contributed by atoms with Crippen molar-refractivity contribution >= 4 is 33.7 Å². The highest BCUT2D eigenvalue weighted by molar-refractivity contribution is 6.10. The highest BCUT2D eigenvalue weighted by atomic mass is 19.4. The number of aromatic amines is 1. The van der Waals surface area contributed by atoms with Crippen LogP contribution in [0.2, 0.25) is 0 Å². The molecule has 11 heteroatoms. The second-order valence-corrected chi connectivity index (χ2v) is 10.4. The van der Waals surface area contributed by atoms with Crippen molar-refractivity contribution in [1.29, 1.82) is 0 Å². The molecule has 0 fully saturated rings. The number of rotatable bonds is 8. The molecule has 0 spiro atoms. The molecule has 8 nitrogen and oxygen atoms in total. The van der Waals surface area contributed by atoms with Gasteiger partial charge in [-0.15, -0.1) is 0 Å². The Bertz CT molecular complexity index is 2030. The first-order valence-electron chi connectivity index (χ1n) is 14.1. The van der Waals surface area contributed by atoms with Crippen LogP contribution in [0.15, 0.2) is 103 Å². The summed E-state index contributed by atoms with van der Waals surface area (Å²) in [5.41, 5.74) is 4.89. The minimum absolute atomic E-state index is 0.231. The second-order valence-electron chi connectivity index (χ2n) is 10.4. The van der Waals surface area contributed by atoms with Crippen LogP contribution >= 0.6 is 0 Å². The molecule has 6 rings (SSSR count). The van der Waals surface area contributed by atoms with Gasteiger partial charge in [-0.1, -0.05) is 72.8 Å². The van der Waals surface area contributed by atoms with E-state index < -0.39 is 30.3 Å². The topological polar surface area (TPSA) is 103 Å². The number of benzene rings is 4. The van der Waals surface area contributed by atoms with Gasteiger partial charge in [-0.05, 0) is 51.9 Å². The smallest absolute Gasteiger partial charge is 0.383 e. The number of halogens is 3. The van der Waals surface area contributed by atoms with Crippen LogP contribution in [-0.2, 0) is 19.0 Å². The van der Waals surface area contributed by atoms with E-state index in [1.807, 2.05) is 72.8 Å². The maximum absolute atomic E-state index is 12.6. The van der Waals surface area contributed by atoms with Gasteiger partial charge in [0.2, 0.25) is 0 Å². The molecular formula is C35H26F3N3O5.